The fourth-order valence-corrected chi connectivity index (χ4v) is 8.36. The van der Waals surface area contributed by atoms with Gasteiger partial charge in [-0.2, -0.15) is 0 Å². The molecule has 8 rings (SSSR count). The van der Waals surface area contributed by atoms with Crippen molar-refractivity contribution in [1.82, 2.24) is 35.1 Å². The van der Waals surface area contributed by atoms with Crippen molar-refractivity contribution in [2.24, 2.45) is 5.92 Å². The lowest BCUT2D eigenvalue weighted by molar-refractivity contribution is -0.136. The number of aromatic amines is 2. The first-order chi connectivity index (χ1) is 24.8. The number of alkyl carbamates (subject to hydrolysis) is 1. The molecule has 51 heavy (non-hydrogen) atoms. The Morgan fingerprint density at radius 2 is 1.57 bits per heavy atom. The molecule has 2 aromatic heterocycles. The van der Waals surface area contributed by atoms with Gasteiger partial charge in [-0.05, 0) is 84.2 Å². The van der Waals surface area contributed by atoms with E-state index in [9.17, 15) is 14.4 Å². The molecule has 1 aliphatic carbocycles. The maximum absolute atomic E-state index is 13.1. The quantitative estimate of drug-likeness (QED) is 0.138. The molecule has 4 aromatic carbocycles. The first-order valence-electron chi connectivity index (χ1n) is 18.1. The molecule has 11 heteroatoms. The SMILES string of the molecule is CCCC(=O)N1[C@@H]2CC[C@@H](C2)[C@H]1c1nc2c(ccc3cc(-c4ccc5c(ccc6[nH]c(CN(CCC)C(=O)CNC(=O)OC)nc65)c4)ccc32)[nH]1. The number of imidazole rings is 2. The van der Waals surface area contributed by atoms with Crippen molar-refractivity contribution >= 4 is 61.5 Å². The molecule has 3 amide bonds. The second-order valence-corrected chi connectivity index (χ2v) is 14.0. The van der Waals surface area contributed by atoms with E-state index in [1.807, 2.05) is 13.0 Å². The molecule has 3 heterocycles. The Morgan fingerprint density at radius 3 is 2.24 bits per heavy atom. The Morgan fingerprint density at radius 1 is 0.882 bits per heavy atom. The van der Waals surface area contributed by atoms with Crippen LogP contribution in [-0.2, 0) is 20.9 Å². The average Bonchev–Trinajstić information content (AvgIpc) is 3.96. The number of piperidine rings is 1. The predicted octanol–water partition coefficient (Wildman–Crippen LogP) is 7.36. The number of rotatable bonds is 10. The van der Waals surface area contributed by atoms with E-state index in [1.165, 1.54) is 7.11 Å². The van der Waals surface area contributed by atoms with Gasteiger partial charge in [0.1, 0.15) is 18.2 Å². The lowest BCUT2D eigenvalue weighted by Crippen LogP contribution is -2.40. The van der Waals surface area contributed by atoms with E-state index >= 15 is 0 Å². The highest BCUT2D eigenvalue weighted by atomic mass is 16.5. The van der Waals surface area contributed by atoms with Crippen molar-refractivity contribution in [3.05, 3.63) is 72.3 Å². The van der Waals surface area contributed by atoms with E-state index < -0.39 is 6.09 Å². The highest BCUT2D eigenvalue weighted by Gasteiger charge is 2.49. The van der Waals surface area contributed by atoms with Crippen LogP contribution in [0.2, 0.25) is 0 Å². The molecule has 6 aromatic rings. The monoisotopic (exact) mass is 685 g/mol. The summed E-state index contributed by atoms with van der Waals surface area (Å²) in [5, 5.41) is 6.78. The number of ether oxygens (including phenoxy) is 1. The van der Waals surface area contributed by atoms with Gasteiger partial charge in [0.2, 0.25) is 11.8 Å². The molecule has 1 saturated carbocycles. The number of carbonyl (C=O) groups excluding carboxylic acids is 3. The Kier molecular flexibility index (Phi) is 8.57. The Labute approximate surface area is 295 Å². The van der Waals surface area contributed by atoms with E-state index in [4.69, 9.17) is 9.97 Å². The predicted molar refractivity (Wildman–Crippen MR) is 198 cm³/mol. The van der Waals surface area contributed by atoms with Crippen LogP contribution in [0.5, 0.6) is 0 Å². The number of hydrogen-bond acceptors (Lipinski definition) is 6. The second-order valence-electron chi connectivity index (χ2n) is 14.0. The summed E-state index contributed by atoms with van der Waals surface area (Å²) in [7, 11) is 1.27. The molecular formula is C40H43N7O4. The van der Waals surface area contributed by atoms with Gasteiger partial charge < -0.3 is 29.8 Å². The van der Waals surface area contributed by atoms with Gasteiger partial charge in [-0.1, -0.05) is 50.2 Å². The summed E-state index contributed by atoms with van der Waals surface area (Å²) in [6.07, 6.45) is 4.92. The van der Waals surface area contributed by atoms with Crippen LogP contribution < -0.4 is 5.32 Å². The number of nitrogens with one attached hydrogen (secondary N) is 3. The summed E-state index contributed by atoms with van der Waals surface area (Å²) in [6.45, 7) is 4.79. The number of likely N-dealkylation sites (tertiary alicyclic amines) is 1. The largest absolute Gasteiger partial charge is 0.453 e. The Bertz CT molecular complexity index is 2310. The molecule has 3 N–H and O–H groups in total. The van der Waals surface area contributed by atoms with Gasteiger partial charge in [0.05, 0.1) is 41.8 Å². The van der Waals surface area contributed by atoms with Crippen LogP contribution in [0.1, 0.15) is 70.1 Å². The van der Waals surface area contributed by atoms with Crippen molar-refractivity contribution in [3.63, 3.8) is 0 Å². The molecule has 2 fully saturated rings. The number of amides is 3. The third-order valence-corrected chi connectivity index (χ3v) is 10.7. The van der Waals surface area contributed by atoms with Crippen molar-refractivity contribution in [2.75, 3.05) is 20.2 Å². The van der Waals surface area contributed by atoms with Crippen LogP contribution in [0.4, 0.5) is 4.79 Å². The normalized spacial score (nSPS) is 18.3. The second kappa shape index (κ2) is 13.4. The molecule has 2 aliphatic rings. The molecular weight excluding hydrogens is 642 g/mol. The number of methoxy groups -OCH3 is 1. The zero-order valence-corrected chi connectivity index (χ0v) is 29.3. The summed E-state index contributed by atoms with van der Waals surface area (Å²) >= 11 is 0. The van der Waals surface area contributed by atoms with Gasteiger partial charge in [0.25, 0.3) is 0 Å². The lowest BCUT2D eigenvalue weighted by Gasteiger charge is -2.34. The summed E-state index contributed by atoms with van der Waals surface area (Å²) in [6, 6.07) is 21.7. The topological polar surface area (TPSA) is 136 Å². The molecule has 0 radical (unpaired) electrons. The van der Waals surface area contributed by atoms with Gasteiger partial charge in [-0.25, -0.2) is 14.8 Å². The minimum absolute atomic E-state index is 0.0345. The van der Waals surface area contributed by atoms with Crippen LogP contribution >= 0.6 is 0 Å². The molecule has 2 bridgehead atoms. The van der Waals surface area contributed by atoms with E-state index in [0.29, 0.717) is 37.3 Å². The molecule has 0 unspecified atom stereocenters. The van der Waals surface area contributed by atoms with Gasteiger partial charge in [-0.3, -0.25) is 9.59 Å². The number of H-pyrrole nitrogens is 2. The number of aromatic nitrogens is 4. The minimum Gasteiger partial charge on any atom is -0.453 e. The van der Waals surface area contributed by atoms with E-state index in [2.05, 4.69) is 86.4 Å². The average molecular weight is 686 g/mol. The number of hydrogen-bond donors (Lipinski definition) is 3. The maximum atomic E-state index is 13.1. The first-order valence-corrected chi connectivity index (χ1v) is 18.1. The fourth-order valence-electron chi connectivity index (χ4n) is 8.36. The van der Waals surface area contributed by atoms with Crippen LogP contribution in [0.15, 0.2) is 60.7 Å². The number of carbonyl (C=O) groups is 3. The van der Waals surface area contributed by atoms with Crippen molar-refractivity contribution in [2.45, 2.75) is 71.0 Å². The van der Waals surface area contributed by atoms with E-state index in [0.717, 1.165) is 92.7 Å². The molecule has 11 nitrogen and oxygen atoms in total. The van der Waals surface area contributed by atoms with Crippen LogP contribution in [0, 0.1) is 5.92 Å². The Hall–Kier alpha value is -5.45. The van der Waals surface area contributed by atoms with Gasteiger partial charge in [0.15, 0.2) is 0 Å². The molecule has 3 atom stereocenters. The van der Waals surface area contributed by atoms with Crippen LogP contribution in [-0.4, -0.2) is 73.9 Å². The zero-order valence-electron chi connectivity index (χ0n) is 29.3. The van der Waals surface area contributed by atoms with Crippen molar-refractivity contribution in [1.29, 1.82) is 0 Å². The summed E-state index contributed by atoms with van der Waals surface area (Å²) in [5.41, 5.74) is 5.93. The van der Waals surface area contributed by atoms with E-state index in [-0.39, 0.29) is 24.4 Å². The van der Waals surface area contributed by atoms with Gasteiger partial charge in [-0.15, -0.1) is 0 Å². The molecule has 1 aliphatic heterocycles. The molecule has 262 valence electrons. The Balaban J connectivity index is 1.06. The summed E-state index contributed by atoms with van der Waals surface area (Å²) in [4.78, 5) is 58.3. The standard InChI is InChI=1S/C40H43N7O4/c1-4-6-34(48)47-28-12-7-27(20-28)38(47)39-43-32-16-11-26-19-24(9-14-30(26)37(32)45-39)23-8-13-29-25(18-23)10-15-31-36(29)44-33(42-31)22-46(17-5-2)35(49)21-41-40(50)51-3/h8-11,13-16,18-19,27-28,38H,4-7,12,17,20-22H2,1-3H3,(H,41,50)(H,42,44)(H,43,45)/t27-,28+,38-/m0/s1. The smallest absolute Gasteiger partial charge is 0.407 e. The third-order valence-electron chi connectivity index (χ3n) is 10.7. The summed E-state index contributed by atoms with van der Waals surface area (Å²) in [5.74, 6) is 2.13. The van der Waals surface area contributed by atoms with Crippen LogP contribution in [0.25, 0.3) is 54.7 Å². The van der Waals surface area contributed by atoms with Crippen molar-refractivity contribution < 1.29 is 19.1 Å². The van der Waals surface area contributed by atoms with E-state index in [1.54, 1.807) is 4.90 Å². The lowest BCUT2D eigenvalue weighted by atomic mass is 9.97. The summed E-state index contributed by atoms with van der Waals surface area (Å²) < 4.78 is 4.60. The fraction of sp³-hybridized carbons (Fsp3) is 0.375. The third kappa shape index (κ3) is 5.94. The number of fused-ring (bicyclic) bond motifs is 8. The number of benzene rings is 4. The maximum Gasteiger partial charge on any atom is 0.407 e. The van der Waals surface area contributed by atoms with Crippen molar-refractivity contribution in [3.8, 4) is 11.1 Å². The zero-order chi connectivity index (χ0) is 35.2. The van der Waals surface area contributed by atoms with Gasteiger partial charge in [0, 0.05) is 29.8 Å². The number of nitrogens with zero attached hydrogens (tertiary/aromatic N) is 4. The van der Waals surface area contributed by atoms with Gasteiger partial charge >= 0.3 is 6.09 Å². The minimum atomic E-state index is -0.638. The highest BCUT2D eigenvalue weighted by molar-refractivity contribution is 6.07. The first kappa shape index (κ1) is 32.7. The highest BCUT2D eigenvalue weighted by Crippen LogP contribution is 2.50. The molecule has 1 saturated heterocycles. The van der Waals surface area contributed by atoms with Crippen LogP contribution in [0.3, 0.4) is 0 Å². The molecule has 0 spiro atoms.